The number of hydrogen-bond donors (Lipinski definition) is 1. The number of ether oxygens (including phenoxy) is 1. The van der Waals surface area contributed by atoms with Gasteiger partial charge >= 0.3 is 0 Å². The largest absolute Gasteiger partial charge is 0.393 e. The van der Waals surface area contributed by atoms with Gasteiger partial charge in [0.05, 0.1) is 23.9 Å². The van der Waals surface area contributed by atoms with E-state index in [0.29, 0.717) is 36.0 Å². The fourth-order valence-corrected chi connectivity index (χ4v) is 12.0. The van der Waals surface area contributed by atoms with Crippen molar-refractivity contribution in [3.05, 3.63) is 22.8 Å². The van der Waals surface area contributed by atoms with E-state index in [1.165, 1.54) is 96.3 Å². The molecule has 2 saturated heterocycles. The van der Waals surface area contributed by atoms with Gasteiger partial charge in [0, 0.05) is 18.9 Å². The third-order valence-electron chi connectivity index (χ3n) is 14.8. The van der Waals surface area contributed by atoms with Gasteiger partial charge in [0.1, 0.15) is 0 Å². The van der Waals surface area contributed by atoms with E-state index in [0.717, 1.165) is 51.0 Å². The number of hydrogen-bond acceptors (Lipinski definition) is 3. The zero-order chi connectivity index (χ0) is 33.2. The van der Waals surface area contributed by atoms with Gasteiger partial charge in [-0.15, -0.1) is 0 Å². The average molecular weight is 650 g/mol. The molecule has 47 heavy (non-hydrogen) atoms. The quantitative estimate of drug-likeness (QED) is 0.150. The van der Waals surface area contributed by atoms with Crippen LogP contribution in [-0.4, -0.2) is 46.3 Å². The highest BCUT2D eigenvalue weighted by Gasteiger charge is 2.62. The Hall–Kier alpha value is -1.13. The van der Waals surface area contributed by atoms with Crippen molar-refractivity contribution in [2.75, 3.05) is 6.54 Å². The zero-order valence-corrected chi connectivity index (χ0v) is 31.2. The van der Waals surface area contributed by atoms with E-state index in [1.807, 2.05) is 0 Å². The highest BCUT2D eigenvalue weighted by molar-refractivity contribution is 5.77. The van der Waals surface area contributed by atoms with Crippen molar-refractivity contribution in [2.24, 2.45) is 35.0 Å². The number of piperidine rings is 1. The van der Waals surface area contributed by atoms with E-state index in [9.17, 15) is 9.90 Å². The van der Waals surface area contributed by atoms with Gasteiger partial charge in [-0.1, -0.05) is 122 Å². The van der Waals surface area contributed by atoms with Crippen LogP contribution >= 0.6 is 0 Å². The molecule has 2 saturated carbocycles. The molecule has 0 aromatic heterocycles. The Morgan fingerprint density at radius 3 is 2.28 bits per heavy atom. The minimum Gasteiger partial charge on any atom is -0.393 e. The van der Waals surface area contributed by atoms with Crippen molar-refractivity contribution in [1.29, 1.82) is 0 Å². The third-order valence-corrected chi connectivity index (χ3v) is 14.8. The van der Waals surface area contributed by atoms with Crippen LogP contribution in [0.25, 0.3) is 0 Å². The Balaban J connectivity index is 1.02. The number of likely N-dealkylation sites (tertiary alicyclic amines) is 1. The molecule has 10 atom stereocenters. The van der Waals surface area contributed by atoms with E-state index in [2.05, 4.69) is 45.6 Å². The predicted octanol–water partition coefficient (Wildman–Crippen LogP) is 10.7. The van der Waals surface area contributed by atoms with Crippen LogP contribution < -0.4 is 0 Å². The number of aliphatic hydroxyl groups excluding tert-OH is 1. The Kier molecular flexibility index (Phi) is 11.7. The first-order chi connectivity index (χ1) is 22.7. The van der Waals surface area contributed by atoms with E-state index < -0.39 is 0 Å². The molecule has 6 rings (SSSR count). The number of fused-ring (bicyclic) bond motifs is 6. The Bertz CT molecular complexity index is 1140. The normalized spacial score (nSPS) is 39.4. The standard InChI is InChI=1S/C43H71NO3/c1-6-7-8-9-10-11-12-13-14-15-16-17-18-19-40(46)44-29-30(2)26-39-41(44)32(4)43(47-39)25-23-35-36-21-20-33-27-34(45)22-24-42(33,5)38(36)28-37(35)31(43)3/h20,30,32,34-36,38-39,41,45H,6-19,21-29H2,1-5H3/t30-,32+,34-,35-,36-,38-,39+,41-,42-,43-/m0/s1. The number of carbonyl (C=O) groups is 1. The molecule has 1 N–H and O–H groups in total. The number of aliphatic hydroxyl groups is 1. The highest BCUT2D eigenvalue weighted by atomic mass is 16.5. The monoisotopic (exact) mass is 650 g/mol. The summed E-state index contributed by atoms with van der Waals surface area (Å²) in [5.41, 5.74) is 4.86. The Morgan fingerprint density at radius 1 is 0.936 bits per heavy atom. The SMILES string of the molecule is CCCCCCCCCCCCCCCC(=O)N1C[C@@H](C)C[C@H]2O[C@]3(CC[C@@H]4C(=C3C)C[C@H]3[C@H]4CC=C4C[C@@H](O)CC[C@@]43C)[C@H](C)[C@@H]21. The summed E-state index contributed by atoms with van der Waals surface area (Å²) < 4.78 is 7.30. The van der Waals surface area contributed by atoms with Gasteiger partial charge in [0.25, 0.3) is 0 Å². The maximum atomic E-state index is 13.9. The molecule has 4 heteroatoms. The molecule has 2 aliphatic heterocycles. The third kappa shape index (κ3) is 7.09. The molecular formula is C43H71NO3. The zero-order valence-electron chi connectivity index (χ0n) is 31.2. The highest BCUT2D eigenvalue weighted by Crippen LogP contribution is 2.65. The fraction of sp³-hybridized carbons (Fsp3) is 0.884. The number of nitrogens with zero attached hydrogens (tertiary/aromatic N) is 1. The fourth-order valence-electron chi connectivity index (χ4n) is 12.0. The molecule has 2 heterocycles. The van der Waals surface area contributed by atoms with Crippen LogP contribution in [0.2, 0.25) is 0 Å². The van der Waals surface area contributed by atoms with Crippen molar-refractivity contribution in [2.45, 2.75) is 200 Å². The van der Waals surface area contributed by atoms with Gasteiger partial charge in [0.15, 0.2) is 0 Å². The maximum absolute atomic E-state index is 13.9. The van der Waals surface area contributed by atoms with Crippen LogP contribution in [-0.2, 0) is 9.53 Å². The summed E-state index contributed by atoms with van der Waals surface area (Å²) in [6.45, 7) is 12.9. The van der Waals surface area contributed by atoms with Crippen molar-refractivity contribution < 1.29 is 14.6 Å². The molecule has 4 nitrogen and oxygen atoms in total. The first-order valence-corrected chi connectivity index (χ1v) is 20.7. The minimum atomic E-state index is -0.202. The van der Waals surface area contributed by atoms with Crippen molar-refractivity contribution >= 4 is 5.91 Å². The van der Waals surface area contributed by atoms with Crippen LogP contribution in [0.5, 0.6) is 0 Å². The van der Waals surface area contributed by atoms with Gasteiger partial charge < -0.3 is 14.7 Å². The van der Waals surface area contributed by atoms with Gasteiger partial charge in [-0.3, -0.25) is 4.79 Å². The molecule has 0 unspecified atom stereocenters. The molecule has 4 fully saturated rings. The summed E-state index contributed by atoms with van der Waals surface area (Å²) in [4.78, 5) is 16.2. The second-order valence-corrected chi connectivity index (χ2v) is 17.8. The molecule has 0 radical (unpaired) electrons. The van der Waals surface area contributed by atoms with E-state index >= 15 is 0 Å². The Morgan fingerprint density at radius 2 is 1.60 bits per heavy atom. The first kappa shape index (κ1) is 35.7. The second kappa shape index (κ2) is 15.4. The number of unbranched alkanes of at least 4 members (excludes halogenated alkanes) is 12. The molecular weight excluding hydrogens is 578 g/mol. The Labute approximate surface area is 288 Å². The molecule has 0 bridgehead atoms. The maximum Gasteiger partial charge on any atom is 0.222 e. The number of rotatable bonds is 14. The lowest BCUT2D eigenvalue weighted by molar-refractivity contribution is -0.139. The lowest BCUT2D eigenvalue weighted by atomic mass is 9.56. The van der Waals surface area contributed by atoms with Crippen LogP contribution in [0.1, 0.15) is 176 Å². The van der Waals surface area contributed by atoms with Crippen LogP contribution in [0, 0.1) is 35.0 Å². The summed E-state index contributed by atoms with van der Waals surface area (Å²) in [6, 6.07) is 0.224. The second-order valence-electron chi connectivity index (χ2n) is 17.8. The smallest absolute Gasteiger partial charge is 0.222 e. The summed E-state index contributed by atoms with van der Waals surface area (Å²) >= 11 is 0. The van der Waals surface area contributed by atoms with Crippen molar-refractivity contribution in [3.8, 4) is 0 Å². The van der Waals surface area contributed by atoms with E-state index in [-0.39, 0.29) is 29.3 Å². The van der Waals surface area contributed by atoms with Crippen molar-refractivity contribution in [3.63, 3.8) is 0 Å². The van der Waals surface area contributed by atoms with Crippen LogP contribution in [0.4, 0.5) is 0 Å². The lowest BCUT2D eigenvalue weighted by Gasteiger charge is -2.49. The summed E-state index contributed by atoms with van der Waals surface area (Å²) in [5, 5.41) is 10.4. The average Bonchev–Trinajstić information content (AvgIpc) is 3.57. The predicted molar refractivity (Wildman–Crippen MR) is 194 cm³/mol. The van der Waals surface area contributed by atoms with E-state index in [1.54, 1.807) is 16.7 Å². The lowest BCUT2D eigenvalue weighted by Crippen LogP contribution is -2.54. The van der Waals surface area contributed by atoms with Gasteiger partial charge in [0.2, 0.25) is 5.91 Å². The molecule has 4 aliphatic carbocycles. The molecule has 0 aromatic rings. The molecule has 266 valence electrons. The molecule has 1 spiro atoms. The van der Waals surface area contributed by atoms with Crippen LogP contribution in [0.15, 0.2) is 22.8 Å². The van der Waals surface area contributed by atoms with Crippen molar-refractivity contribution in [1.82, 2.24) is 4.90 Å². The van der Waals surface area contributed by atoms with E-state index in [4.69, 9.17) is 4.74 Å². The summed E-state index contributed by atoms with van der Waals surface area (Å²) in [6.07, 6.45) is 29.5. The van der Waals surface area contributed by atoms with Gasteiger partial charge in [-0.05, 0) is 99.4 Å². The number of amides is 1. The first-order valence-electron chi connectivity index (χ1n) is 20.7. The minimum absolute atomic E-state index is 0.146. The van der Waals surface area contributed by atoms with Gasteiger partial charge in [-0.2, -0.15) is 0 Å². The topological polar surface area (TPSA) is 49.8 Å². The summed E-state index contributed by atoms with van der Waals surface area (Å²) in [5.74, 6) is 3.38. The molecule has 6 aliphatic rings. The summed E-state index contributed by atoms with van der Waals surface area (Å²) in [7, 11) is 0. The van der Waals surface area contributed by atoms with Crippen LogP contribution in [0.3, 0.4) is 0 Å². The number of carbonyl (C=O) groups excluding carboxylic acids is 1. The molecule has 1 amide bonds. The van der Waals surface area contributed by atoms with Gasteiger partial charge in [-0.25, -0.2) is 0 Å². The molecule has 0 aromatic carbocycles. The number of allylic oxidation sites excluding steroid dienone is 2.